The van der Waals surface area contributed by atoms with Crippen LogP contribution in [0.5, 0.6) is 0 Å². The SMILES string of the molecule is CC(C)c1ccc(C(N)CNC(=O)c2ccc(N3CCCC3=O)cc2)cc1.Cl. The highest BCUT2D eigenvalue weighted by molar-refractivity contribution is 5.97. The third kappa shape index (κ3) is 5.12. The maximum atomic E-state index is 12.4. The summed E-state index contributed by atoms with van der Waals surface area (Å²) in [5, 5.41) is 2.89. The van der Waals surface area contributed by atoms with Crippen LogP contribution in [0.2, 0.25) is 0 Å². The third-order valence-corrected chi connectivity index (χ3v) is 5.03. The van der Waals surface area contributed by atoms with Crippen molar-refractivity contribution in [2.45, 2.75) is 38.6 Å². The lowest BCUT2D eigenvalue weighted by molar-refractivity contribution is -0.117. The number of nitrogens with one attached hydrogen (secondary N) is 1. The van der Waals surface area contributed by atoms with E-state index in [-0.39, 0.29) is 30.3 Å². The van der Waals surface area contributed by atoms with Crippen LogP contribution in [-0.2, 0) is 4.79 Å². The summed E-state index contributed by atoms with van der Waals surface area (Å²) in [6.07, 6.45) is 1.48. The summed E-state index contributed by atoms with van der Waals surface area (Å²) in [5.74, 6) is 0.457. The molecule has 0 bridgehead atoms. The second-order valence-corrected chi connectivity index (χ2v) is 7.33. The fraction of sp³-hybridized carbons (Fsp3) is 0.364. The molecule has 0 aromatic heterocycles. The van der Waals surface area contributed by atoms with E-state index in [2.05, 4.69) is 31.3 Å². The molecule has 0 spiro atoms. The number of carbonyl (C=O) groups excluding carboxylic acids is 2. The van der Waals surface area contributed by atoms with E-state index in [4.69, 9.17) is 5.73 Å². The molecular formula is C22H28ClN3O2. The number of hydrogen-bond acceptors (Lipinski definition) is 3. The van der Waals surface area contributed by atoms with Crippen molar-refractivity contribution in [3.63, 3.8) is 0 Å². The van der Waals surface area contributed by atoms with Crippen LogP contribution < -0.4 is 16.0 Å². The zero-order chi connectivity index (χ0) is 19.4. The third-order valence-electron chi connectivity index (χ3n) is 5.03. The Kier molecular flexibility index (Phi) is 7.61. The molecule has 150 valence electrons. The van der Waals surface area contributed by atoms with Crippen molar-refractivity contribution in [2.24, 2.45) is 5.73 Å². The Morgan fingerprint density at radius 3 is 2.21 bits per heavy atom. The first-order chi connectivity index (χ1) is 13.0. The summed E-state index contributed by atoms with van der Waals surface area (Å²) in [6.45, 7) is 5.42. The molecule has 2 aromatic carbocycles. The summed E-state index contributed by atoms with van der Waals surface area (Å²) in [6, 6.07) is 15.1. The Morgan fingerprint density at radius 1 is 1.07 bits per heavy atom. The monoisotopic (exact) mass is 401 g/mol. The number of rotatable bonds is 6. The molecule has 1 unspecified atom stereocenters. The van der Waals surface area contributed by atoms with Crippen molar-refractivity contribution in [3.05, 3.63) is 65.2 Å². The van der Waals surface area contributed by atoms with Crippen LogP contribution >= 0.6 is 12.4 Å². The number of carbonyl (C=O) groups is 2. The molecule has 28 heavy (non-hydrogen) atoms. The standard InChI is InChI=1S/C22H27N3O2.ClH/c1-15(2)16-5-7-17(8-6-16)20(23)14-24-22(27)18-9-11-19(12-10-18)25-13-3-4-21(25)26;/h5-12,15,20H,3-4,13-14,23H2,1-2H3,(H,24,27);1H. The lowest BCUT2D eigenvalue weighted by atomic mass is 9.99. The van der Waals surface area contributed by atoms with Crippen molar-refractivity contribution in [1.29, 1.82) is 0 Å². The quantitative estimate of drug-likeness (QED) is 0.773. The van der Waals surface area contributed by atoms with Gasteiger partial charge in [0.05, 0.1) is 0 Å². The second kappa shape index (κ2) is 9.71. The van der Waals surface area contributed by atoms with E-state index in [0.717, 1.165) is 24.2 Å². The van der Waals surface area contributed by atoms with Gasteiger partial charge in [-0.05, 0) is 47.7 Å². The molecule has 6 heteroatoms. The molecule has 1 fully saturated rings. The van der Waals surface area contributed by atoms with Crippen LogP contribution in [0.1, 0.15) is 60.1 Å². The summed E-state index contributed by atoms with van der Waals surface area (Å²) in [5.41, 5.74) is 9.89. The molecule has 5 nitrogen and oxygen atoms in total. The molecule has 0 aliphatic carbocycles. The van der Waals surface area contributed by atoms with Gasteiger partial charge in [-0.1, -0.05) is 38.1 Å². The van der Waals surface area contributed by atoms with Crippen LogP contribution in [0.4, 0.5) is 5.69 Å². The van der Waals surface area contributed by atoms with Gasteiger partial charge in [-0.25, -0.2) is 0 Å². The van der Waals surface area contributed by atoms with Crippen LogP contribution in [0.25, 0.3) is 0 Å². The minimum atomic E-state index is -0.253. The fourth-order valence-corrected chi connectivity index (χ4v) is 3.26. The van der Waals surface area contributed by atoms with Gasteiger partial charge in [0.25, 0.3) is 5.91 Å². The van der Waals surface area contributed by atoms with Gasteiger partial charge < -0.3 is 16.0 Å². The average Bonchev–Trinajstić information content (AvgIpc) is 3.12. The maximum Gasteiger partial charge on any atom is 0.251 e. The highest BCUT2D eigenvalue weighted by Gasteiger charge is 2.21. The molecule has 2 amide bonds. The van der Waals surface area contributed by atoms with Crippen LogP contribution in [0, 0.1) is 0 Å². The molecule has 1 aliphatic heterocycles. The normalized spacial score (nSPS) is 14.7. The highest BCUT2D eigenvalue weighted by Crippen LogP contribution is 2.22. The van der Waals surface area contributed by atoms with E-state index in [1.807, 2.05) is 24.3 Å². The lowest BCUT2D eigenvalue weighted by Crippen LogP contribution is -2.32. The Hall–Kier alpha value is -2.37. The minimum absolute atomic E-state index is 0. The molecule has 3 N–H and O–H groups in total. The first kappa shape index (κ1) is 21.9. The Balaban J connectivity index is 0.00000280. The number of nitrogens with two attached hydrogens (primary N) is 1. The van der Waals surface area contributed by atoms with Crippen molar-refractivity contribution in [2.75, 3.05) is 18.0 Å². The number of hydrogen-bond donors (Lipinski definition) is 2. The fourth-order valence-electron chi connectivity index (χ4n) is 3.26. The highest BCUT2D eigenvalue weighted by atomic mass is 35.5. The largest absolute Gasteiger partial charge is 0.350 e. The molecule has 1 atom stereocenters. The van der Waals surface area contributed by atoms with Crippen molar-refractivity contribution in [3.8, 4) is 0 Å². The first-order valence-electron chi connectivity index (χ1n) is 9.50. The van der Waals surface area contributed by atoms with Gasteiger partial charge in [-0.15, -0.1) is 12.4 Å². The first-order valence-corrected chi connectivity index (χ1v) is 9.50. The molecule has 0 radical (unpaired) electrons. The molecular weight excluding hydrogens is 374 g/mol. The predicted molar refractivity (Wildman–Crippen MR) is 115 cm³/mol. The van der Waals surface area contributed by atoms with E-state index < -0.39 is 0 Å². The zero-order valence-electron chi connectivity index (χ0n) is 16.4. The average molecular weight is 402 g/mol. The molecule has 1 heterocycles. The van der Waals surface area contributed by atoms with Crippen LogP contribution in [0.3, 0.4) is 0 Å². The van der Waals surface area contributed by atoms with Gasteiger partial charge in [0, 0.05) is 36.8 Å². The van der Waals surface area contributed by atoms with Crippen LogP contribution in [0.15, 0.2) is 48.5 Å². The lowest BCUT2D eigenvalue weighted by Gasteiger charge is -2.16. The number of halogens is 1. The smallest absolute Gasteiger partial charge is 0.251 e. The van der Waals surface area contributed by atoms with E-state index in [1.165, 1.54) is 5.56 Å². The van der Waals surface area contributed by atoms with Crippen molar-refractivity contribution in [1.82, 2.24) is 5.32 Å². The summed E-state index contributed by atoms with van der Waals surface area (Å²) in [4.78, 5) is 25.9. The number of nitrogens with zero attached hydrogens (tertiary/aromatic N) is 1. The van der Waals surface area contributed by atoms with E-state index >= 15 is 0 Å². The second-order valence-electron chi connectivity index (χ2n) is 7.33. The van der Waals surface area contributed by atoms with Gasteiger partial charge in [-0.2, -0.15) is 0 Å². The number of benzene rings is 2. The van der Waals surface area contributed by atoms with E-state index in [9.17, 15) is 9.59 Å². The molecule has 2 aromatic rings. The predicted octanol–water partition coefficient (Wildman–Crippen LogP) is 3.79. The Morgan fingerprint density at radius 2 is 1.68 bits per heavy atom. The zero-order valence-corrected chi connectivity index (χ0v) is 17.2. The van der Waals surface area contributed by atoms with Gasteiger partial charge >= 0.3 is 0 Å². The van der Waals surface area contributed by atoms with Crippen molar-refractivity contribution < 1.29 is 9.59 Å². The Labute approximate surface area is 172 Å². The van der Waals surface area contributed by atoms with Gasteiger partial charge in [-0.3, -0.25) is 9.59 Å². The molecule has 0 saturated carbocycles. The van der Waals surface area contributed by atoms with E-state index in [1.54, 1.807) is 17.0 Å². The van der Waals surface area contributed by atoms with Crippen LogP contribution in [-0.4, -0.2) is 24.9 Å². The summed E-state index contributed by atoms with van der Waals surface area (Å²) < 4.78 is 0. The van der Waals surface area contributed by atoms with Gasteiger partial charge in [0.1, 0.15) is 0 Å². The van der Waals surface area contributed by atoms with Gasteiger partial charge in [0.2, 0.25) is 5.91 Å². The molecule has 3 rings (SSSR count). The Bertz CT molecular complexity index is 804. The van der Waals surface area contributed by atoms with Gasteiger partial charge in [0.15, 0.2) is 0 Å². The summed E-state index contributed by atoms with van der Waals surface area (Å²) in [7, 11) is 0. The minimum Gasteiger partial charge on any atom is -0.350 e. The summed E-state index contributed by atoms with van der Waals surface area (Å²) >= 11 is 0. The maximum absolute atomic E-state index is 12.4. The number of anilines is 1. The molecule has 1 aliphatic rings. The van der Waals surface area contributed by atoms with Crippen molar-refractivity contribution >= 4 is 29.9 Å². The topological polar surface area (TPSA) is 75.4 Å². The van der Waals surface area contributed by atoms with E-state index in [0.29, 0.717) is 24.4 Å². The molecule has 1 saturated heterocycles. The number of amides is 2.